The number of non-ortho nitro benzene ring substituents is 1. The minimum absolute atomic E-state index is 0.0256. The molecule has 6 nitrogen and oxygen atoms in total. The van der Waals surface area contributed by atoms with Crippen LogP contribution in [0.25, 0.3) is 0 Å². The van der Waals surface area contributed by atoms with Crippen molar-refractivity contribution in [3.63, 3.8) is 0 Å². The van der Waals surface area contributed by atoms with Gasteiger partial charge >= 0.3 is 0 Å². The maximum atomic E-state index is 11.7. The minimum Gasteiger partial charge on any atom is -0.258 e. The third kappa shape index (κ3) is 5.54. The summed E-state index contributed by atoms with van der Waals surface area (Å²) in [5, 5.41) is 10.5. The van der Waals surface area contributed by atoms with Gasteiger partial charge in [-0.2, -0.15) is 0 Å². The first-order chi connectivity index (χ1) is 8.84. The molecule has 106 valence electrons. The van der Waals surface area contributed by atoms with E-state index < -0.39 is 14.9 Å². The summed E-state index contributed by atoms with van der Waals surface area (Å²) in [7, 11) is -3.39. The summed E-state index contributed by atoms with van der Waals surface area (Å²) in [6.07, 6.45) is 0. The molecule has 0 heterocycles. The van der Waals surface area contributed by atoms with Gasteiger partial charge in [-0.05, 0) is 11.5 Å². The molecule has 1 aromatic carbocycles. The SMILES string of the molecule is CC(CCl)CS(=O)(=O)NCc1ccc([N+](=O)[O-])cc1. The Morgan fingerprint density at radius 2 is 1.95 bits per heavy atom. The van der Waals surface area contributed by atoms with E-state index in [0.29, 0.717) is 5.56 Å². The molecule has 0 aliphatic heterocycles. The molecule has 0 fully saturated rings. The minimum atomic E-state index is -3.39. The summed E-state index contributed by atoms with van der Waals surface area (Å²) in [6.45, 7) is 1.85. The van der Waals surface area contributed by atoms with Gasteiger partial charge in [0.15, 0.2) is 0 Å². The number of nitro benzene ring substituents is 1. The molecular weight excluding hydrogens is 292 g/mol. The molecular formula is C11H15ClN2O4S. The lowest BCUT2D eigenvalue weighted by molar-refractivity contribution is -0.384. The van der Waals surface area contributed by atoms with Gasteiger partial charge < -0.3 is 0 Å². The van der Waals surface area contributed by atoms with E-state index >= 15 is 0 Å². The number of halogens is 1. The first-order valence-electron chi connectivity index (χ1n) is 5.60. The first-order valence-corrected chi connectivity index (χ1v) is 7.79. The summed E-state index contributed by atoms with van der Waals surface area (Å²) in [5.41, 5.74) is 0.634. The highest BCUT2D eigenvalue weighted by Gasteiger charge is 2.14. The monoisotopic (exact) mass is 306 g/mol. The number of benzene rings is 1. The molecule has 1 atom stereocenters. The summed E-state index contributed by atoms with van der Waals surface area (Å²) >= 11 is 5.57. The molecule has 0 aromatic heterocycles. The fraction of sp³-hybridized carbons (Fsp3) is 0.455. The van der Waals surface area contributed by atoms with Crippen LogP contribution < -0.4 is 4.72 Å². The Balaban J connectivity index is 2.59. The quantitative estimate of drug-likeness (QED) is 0.473. The van der Waals surface area contributed by atoms with Gasteiger partial charge in [0.1, 0.15) is 0 Å². The Kier molecular flexibility index (Phi) is 5.71. The molecule has 0 saturated carbocycles. The largest absolute Gasteiger partial charge is 0.269 e. The van der Waals surface area contributed by atoms with E-state index in [1.807, 2.05) is 0 Å². The molecule has 0 spiro atoms. The lowest BCUT2D eigenvalue weighted by Gasteiger charge is -2.10. The number of rotatable bonds is 7. The summed E-state index contributed by atoms with van der Waals surface area (Å²) < 4.78 is 25.8. The van der Waals surface area contributed by atoms with Crippen LogP contribution in [0.5, 0.6) is 0 Å². The van der Waals surface area contributed by atoms with E-state index in [4.69, 9.17) is 11.6 Å². The maximum Gasteiger partial charge on any atom is 0.269 e. The zero-order valence-corrected chi connectivity index (χ0v) is 11.9. The van der Waals surface area contributed by atoms with Crippen LogP contribution in [0.2, 0.25) is 0 Å². The van der Waals surface area contributed by atoms with E-state index in [0.717, 1.165) is 0 Å². The maximum absolute atomic E-state index is 11.7. The fourth-order valence-corrected chi connectivity index (χ4v) is 3.02. The van der Waals surface area contributed by atoms with E-state index in [2.05, 4.69) is 4.72 Å². The lowest BCUT2D eigenvalue weighted by Crippen LogP contribution is -2.29. The van der Waals surface area contributed by atoms with E-state index in [1.165, 1.54) is 24.3 Å². The van der Waals surface area contributed by atoms with Crippen LogP contribution in [0.4, 0.5) is 5.69 Å². The van der Waals surface area contributed by atoms with Crippen molar-refractivity contribution in [2.24, 2.45) is 5.92 Å². The Morgan fingerprint density at radius 3 is 2.42 bits per heavy atom. The van der Waals surface area contributed by atoms with Crippen molar-refractivity contribution < 1.29 is 13.3 Å². The van der Waals surface area contributed by atoms with Crippen molar-refractivity contribution in [2.75, 3.05) is 11.6 Å². The highest BCUT2D eigenvalue weighted by molar-refractivity contribution is 7.89. The van der Waals surface area contributed by atoms with Gasteiger partial charge in [-0.15, -0.1) is 11.6 Å². The summed E-state index contributed by atoms with van der Waals surface area (Å²) in [4.78, 5) is 9.96. The van der Waals surface area contributed by atoms with Crippen molar-refractivity contribution >= 4 is 27.3 Å². The van der Waals surface area contributed by atoms with Crippen LogP contribution in [0.3, 0.4) is 0 Å². The van der Waals surface area contributed by atoms with Crippen molar-refractivity contribution in [1.82, 2.24) is 4.72 Å². The average Bonchev–Trinajstić information content (AvgIpc) is 2.36. The highest BCUT2D eigenvalue weighted by atomic mass is 35.5. The predicted octanol–water partition coefficient (Wildman–Crippen LogP) is 1.89. The number of sulfonamides is 1. The number of nitro groups is 1. The predicted molar refractivity (Wildman–Crippen MR) is 73.6 cm³/mol. The van der Waals surface area contributed by atoms with Crippen LogP contribution in [-0.4, -0.2) is 25.0 Å². The zero-order chi connectivity index (χ0) is 14.5. The van der Waals surface area contributed by atoms with Gasteiger partial charge in [0.25, 0.3) is 5.69 Å². The fourth-order valence-electron chi connectivity index (χ4n) is 1.41. The highest BCUT2D eigenvalue weighted by Crippen LogP contribution is 2.12. The van der Waals surface area contributed by atoms with Gasteiger partial charge in [0.05, 0.1) is 10.7 Å². The van der Waals surface area contributed by atoms with Crippen LogP contribution >= 0.6 is 11.6 Å². The zero-order valence-electron chi connectivity index (χ0n) is 10.4. The Morgan fingerprint density at radius 1 is 1.37 bits per heavy atom. The number of hydrogen-bond donors (Lipinski definition) is 1. The molecule has 19 heavy (non-hydrogen) atoms. The molecule has 0 aliphatic rings. The number of alkyl halides is 1. The van der Waals surface area contributed by atoms with Gasteiger partial charge in [0.2, 0.25) is 10.0 Å². The normalized spacial score (nSPS) is 13.2. The second-order valence-electron chi connectivity index (χ2n) is 4.29. The van der Waals surface area contributed by atoms with E-state index in [1.54, 1.807) is 6.92 Å². The Hall–Kier alpha value is -1.18. The molecule has 1 aromatic rings. The van der Waals surface area contributed by atoms with Crippen LogP contribution in [0.15, 0.2) is 24.3 Å². The van der Waals surface area contributed by atoms with Crippen molar-refractivity contribution in [3.8, 4) is 0 Å². The van der Waals surface area contributed by atoms with Crippen molar-refractivity contribution in [1.29, 1.82) is 0 Å². The lowest BCUT2D eigenvalue weighted by atomic mass is 10.2. The van der Waals surface area contributed by atoms with Crippen molar-refractivity contribution in [3.05, 3.63) is 39.9 Å². The van der Waals surface area contributed by atoms with Crippen molar-refractivity contribution in [2.45, 2.75) is 13.5 Å². The van der Waals surface area contributed by atoms with E-state index in [9.17, 15) is 18.5 Å². The molecule has 1 N–H and O–H groups in total. The standard InChI is InChI=1S/C11H15ClN2O4S/c1-9(6-12)8-19(17,18)13-7-10-2-4-11(5-3-10)14(15)16/h2-5,9,13H,6-8H2,1H3. The molecule has 8 heteroatoms. The molecule has 0 aliphatic carbocycles. The topological polar surface area (TPSA) is 89.3 Å². The second-order valence-corrected chi connectivity index (χ2v) is 6.45. The number of nitrogens with one attached hydrogen (secondary N) is 1. The van der Waals surface area contributed by atoms with Gasteiger partial charge in [0, 0.05) is 24.6 Å². The molecule has 0 bridgehead atoms. The summed E-state index contributed by atoms with van der Waals surface area (Å²) in [5.74, 6) is 0.109. The third-order valence-corrected chi connectivity index (χ3v) is 4.53. The molecule has 0 amide bonds. The number of nitrogens with zero attached hydrogens (tertiary/aromatic N) is 1. The first kappa shape index (κ1) is 15.9. The second kappa shape index (κ2) is 6.83. The van der Waals surface area contributed by atoms with Crippen LogP contribution in [-0.2, 0) is 16.6 Å². The third-order valence-electron chi connectivity index (χ3n) is 2.41. The average molecular weight is 307 g/mol. The Labute approximate surface area is 117 Å². The van der Waals surface area contributed by atoms with Crippen LogP contribution in [0, 0.1) is 16.0 Å². The van der Waals surface area contributed by atoms with Crippen LogP contribution in [0.1, 0.15) is 12.5 Å². The Bertz CT molecular complexity index is 530. The molecule has 1 rings (SSSR count). The van der Waals surface area contributed by atoms with Gasteiger partial charge in [-0.25, -0.2) is 13.1 Å². The smallest absolute Gasteiger partial charge is 0.258 e. The molecule has 0 saturated heterocycles. The van der Waals surface area contributed by atoms with E-state index in [-0.39, 0.29) is 29.8 Å². The summed E-state index contributed by atoms with van der Waals surface area (Å²) in [6, 6.07) is 5.72. The van der Waals surface area contributed by atoms with Gasteiger partial charge in [-0.1, -0.05) is 19.1 Å². The molecule has 0 radical (unpaired) electrons. The molecule has 1 unspecified atom stereocenters. The number of hydrogen-bond acceptors (Lipinski definition) is 4. The van der Waals surface area contributed by atoms with Gasteiger partial charge in [-0.3, -0.25) is 10.1 Å².